The van der Waals surface area contributed by atoms with E-state index in [1.165, 1.54) is 109 Å². The number of amides is 8. The Bertz CT molecular complexity index is 3640. The molecule has 0 radical (unpaired) electrons. The number of aromatic hydroxyl groups is 2. The molecule has 9 rings (SSSR count). The van der Waals surface area contributed by atoms with Gasteiger partial charge in [-0.05, 0) is 66.4 Å². The van der Waals surface area contributed by atoms with Crippen molar-refractivity contribution >= 4 is 128 Å². The van der Waals surface area contributed by atoms with Crippen LogP contribution in [0.4, 0.5) is 28.4 Å². The number of nitrogen functional groups attached to an aromatic ring is 1. The molecule has 4 heterocycles. The molecule has 0 spiro atoms. The van der Waals surface area contributed by atoms with Crippen LogP contribution >= 0.6 is 22.4 Å². The number of benzene rings is 5. The topological polar surface area (TPSA) is 365 Å². The maximum atomic E-state index is 12.3. The van der Waals surface area contributed by atoms with Crippen LogP contribution in [0.5, 0.6) is 28.7 Å². The molecule has 0 aromatic heterocycles. The van der Waals surface area contributed by atoms with Gasteiger partial charge in [0, 0.05) is 78.9 Å². The van der Waals surface area contributed by atoms with Crippen molar-refractivity contribution in [3.8, 4) is 28.7 Å². The third kappa shape index (κ3) is 18.3. The van der Waals surface area contributed by atoms with E-state index in [2.05, 4.69) is 16.7 Å². The lowest BCUT2D eigenvalue weighted by Crippen LogP contribution is -2.31. The van der Waals surface area contributed by atoms with Crippen LogP contribution in [-0.4, -0.2) is 108 Å². The third-order valence-corrected chi connectivity index (χ3v) is 13.4. The maximum absolute atomic E-state index is 12.3. The van der Waals surface area contributed by atoms with E-state index in [-0.39, 0.29) is 75.9 Å². The first-order valence-electron chi connectivity index (χ1n) is 22.6. The van der Waals surface area contributed by atoms with Gasteiger partial charge in [0.15, 0.2) is 0 Å². The second-order valence-electron chi connectivity index (χ2n) is 15.7. The van der Waals surface area contributed by atoms with Gasteiger partial charge >= 0.3 is 30.1 Å². The van der Waals surface area contributed by atoms with Gasteiger partial charge in [0.05, 0.1) is 52.9 Å². The van der Waals surface area contributed by atoms with Crippen LogP contribution in [0.15, 0.2) is 158 Å². The fourth-order valence-corrected chi connectivity index (χ4v) is 9.05. The molecule has 4 N–H and O–H groups in total. The fourth-order valence-electron chi connectivity index (χ4n) is 6.77. The van der Waals surface area contributed by atoms with E-state index in [4.69, 9.17) is 25.7 Å². The summed E-state index contributed by atoms with van der Waals surface area (Å²) in [5.74, 6) is -2.64. The molecule has 0 bridgehead atoms. The van der Waals surface area contributed by atoms with Gasteiger partial charge < -0.3 is 28.5 Å². The molecular weight excluding hydrogens is 1170 g/mol. The number of carbonyl (C=O) groups excluding carboxylic acids is 8. The molecule has 5 aromatic carbocycles. The molecule has 1 saturated heterocycles. The first-order valence-corrected chi connectivity index (χ1v) is 28.5. The second-order valence-corrected chi connectivity index (χ2v) is 21.9. The first kappa shape index (κ1) is 62.9. The van der Waals surface area contributed by atoms with Gasteiger partial charge in [-0.1, -0.05) is 37.3 Å². The average Bonchev–Trinajstić information content (AvgIpc) is 4.19. The van der Waals surface area contributed by atoms with E-state index in [9.17, 15) is 68.7 Å². The lowest BCUT2D eigenvalue weighted by atomic mass is 10.3. The molecule has 4 aliphatic rings. The van der Waals surface area contributed by atoms with Crippen molar-refractivity contribution in [3.05, 3.63) is 158 Å². The SMILES string of the molecule is CCSC1CC(=O)N(c2cccc(OS(=O)(=O)OC)c2)C1=O.COS(=O)(=O)Oc1cccc(N2C(=O)C=CC2=O)c1.Nc1cccc(O)c1.O=C1C=CC(=O)N1c1cccc(O)c1.O=C1C=CC(=O)N1c1cccc(OS(=O)(=O)Cl)c1. The van der Waals surface area contributed by atoms with Crippen molar-refractivity contribution in [2.45, 2.75) is 18.6 Å². The molecule has 0 aliphatic carbocycles. The van der Waals surface area contributed by atoms with Crippen LogP contribution in [0.2, 0.25) is 0 Å². The molecule has 4 aliphatic heterocycles. The van der Waals surface area contributed by atoms with Crippen LogP contribution < -0.4 is 37.9 Å². The molecule has 1 unspecified atom stereocenters. The normalized spacial score (nSPS) is 15.6. The zero-order valence-corrected chi connectivity index (χ0v) is 46.1. The molecule has 8 amide bonds. The van der Waals surface area contributed by atoms with E-state index >= 15 is 0 Å². The average molecular weight is 1210 g/mol. The van der Waals surface area contributed by atoms with Crippen molar-refractivity contribution in [2.75, 3.05) is 45.3 Å². The summed E-state index contributed by atoms with van der Waals surface area (Å²) in [6, 6.07) is 29.2. The van der Waals surface area contributed by atoms with E-state index < -0.39 is 59.0 Å². The zero-order valence-electron chi connectivity index (χ0n) is 42.0. The van der Waals surface area contributed by atoms with Gasteiger partial charge in [-0.3, -0.25) is 38.4 Å². The fraction of sp³-hybridized carbons (Fsp3) is 0.120. The number of hydrogen-bond donors (Lipinski definition) is 3. The summed E-state index contributed by atoms with van der Waals surface area (Å²) in [5, 5.41) is 17.5. The lowest BCUT2D eigenvalue weighted by molar-refractivity contribution is -0.122. The summed E-state index contributed by atoms with van der Waals surface area (Å²) in [4.78, 5) is 96.4. The predicted octanol–water partition coefficient (Wildman–Crippen LogP) is 4.50. The predicted molar refractivity (Wildman–Crippen MR) is 292 cm³/mol. The van der Waals surface area contributed by atoms with Gasteiger partial charge in [-0.2, -0.15) is 25.3 Å². The van der Waals surface area contributed by atoms with Gasteiger partial charge in [-0.15, -0.1) is 11.8 Å². The molecule has 5 aromatic rings. The highest BCUT2D eigenvalue weighted by atomic mass is 35.7. The largest absolute Gasteiger partial charge is 0.508 e. The summed E-state index contributed by atoms with van der Waals surface area (Å²) in [6.07, 6.45) is 7.03. The minimum absolute atomic E-state index is 0.0231. The summed E-state index contributed by atoms with van der Waals surface area (Å²) in [7, 11) is -5.62. The third-order valence-electron chi connectivity index (χ3n) is 10.1. The van der Waals surface area contributed by atoms with Gasteiger partial charge in [0.2, 0.25) is 11.8 Å². The number of nitrogens with two attached hydrogens (primary N) is 1. The van der Waals surface area contributed by atoms with E-state index in [1.807, 2.05) is 6.92 Å². The van der Waals surface area contributed by atoms with Gasteiger partial charge in [-0.25, -0.2) is 28.0 Å². The van der Waals surface area contributed by atoms with Crippen molar-refractivity contribution in [1.29, 1.82) is 0 Å². The Morgan fingerprint density at radius 3 is 1.16 bits per heavy atom. The summed E-state index contributed by atoms with van der Waals surface area (Å²) >= 11 is 1.41. The molecule has 0 saturated carbocycles. The Hall–Kier alpha value is -8.91. The van der Waals surface area contributed by atoms with Gasteiger partial charge in [0.25, 0.3) is 35.4 Å². The number of hydrogen-bond acceptors (Lipinski definition) is 23. The van der Waals surface area contributed by atoms with E-state index in [0.29, 0.717) is 11.4 Å². The summed E-state index contributed by atoms with van der Waals surface area (Å²) in [5.41, 5.74) is 6.96. The number of thioether (sulfide) groups is 1. The maximum Gasteiger partial charge on any atom is 0.448 e. The molecule has 26 nitrogen and oxygen atoms in total. The number of anilines is 5. The van der Waals surface area contributed by atoms with Crippen LogP contribution in [0.1, 0.15) is 13.3 Å². The Balaban J connectivity index is 0.000000191. The molecule has 1 atom stereocenters. The first-order chi connectivity index (χ1) is 38.1. The molecule has 81 heavy (non-hydrogen) atoms. The Labute approximate surface area is 471 Å². The van der Waals surface area contributed by atoms with Crippen LogP contribution in [0, 0.1) is 0 Å². The van der Waals surface area contributed by atoms with E-state index in [1.54, 1.807) is 36.4 Å². The van der Waals surface area contributed by atoms with E-state index in [0.717, 1.165) is 63.9 Å². The highest BCUT2D eigenvalue weighted by molar-refractivity contribution is 8.10. The standard InChI is InChI=1S/C13H15NO6S2.C11H9NO6S.C10H6ClNO5S.C10H7NO3.C6H7NO/c1-3-21-11-8-12(15)14(13(11)16)9-5-4-6-10(7-9)20-22(17,18)19-2;1-17-19(15,16)18-9-4-2-3-8(7-9)12-10(13)5-6-11(12)14;11-18(15,16)17-8-3-1-2-7(6-8)12-9(13)4-5-10(12)14;12-8-3-1-2-7(6-8)11-9(13)4-5-10(11)14;7-5-2-1-3-6(8)4-5/h4-7,11H,3,8H2,1-2H3;2-7H,1H3;1-6H;1-6,12H;1-4,8H,7H2. The number of rotatable bonds is 14. The van der Waals surface area contributed by atoms with Crippen LogP contribution in [0.3, 0.4) is 0 Å². The number of carbonyl (C=O) groups is 8. The summed E-state index contributed by atoms with van der Waals surface area (Å²) < 4.78 is 88.4. The van der Waals surface area contributed by atoms with Crippen molar-refractivity contribution < 1.29 is 94.7 Å². The Kier molecular flexibility index (Phi) is 21.6. The zero-order chi connectivity index (χ0) is 59.8. The number of phenolic OH excluding ortho intramolecular Hbond substituents is 2. The van der Waals surface area contributed by atoms with Crippen molar-refractivity contribution in [3.63, 3.8) is 0 Å². The highest BCUT2D eigenvalue weighted by Crippen LogP contribution is 2.32. The Morgan fingerprint density at radius 1 is 0.506 bits per heavy atom. The number of halogens is 1. The minimum Gasteiger partial charge on any atom is -0.508 e. The Morgan fingerprint density at radius 2 is 0.840 bits per heavy atom. The number of phenols is 2. The van der Waals surface area contributed by atoms with Crippen LogP contribution in [-0.2, 0) is 76.9 Å². The molecule has 1 fully saturated rings. The van der Waals surface area contributed by atoms with Crippen LogP contribution in [0.25, 0.3) is 0 Å². The molecule has 426 valence electrons. The second kappa shape index (κ2) is 27.8. The number of imide groups is 4. The van der Waals surface area contributed by atoms with Gasteiger partial charge in [0.1, 0.15) is 28.7 Å². The monoisotopic (exact) mass is 1210 g/mol. The quantitative estimate of drug-likeness (QED) is 0.0782. The molecular formula is C50H44ClN5O21S4. The van der Waals surface area contributed by atoms with Crippen molar-refractivity contribution in [2.24, 2.45) is 0 Å². The minimum atomic E-state index is -4.18. The summed E-state index contributed by atoms with van der Waals surface area (Å²) in [6.45, 7) is 1.91. The lowest BCUT2D eigenvalue weighted by Gasteiger charge is -2.15. The molecule has 31 heteroatoms. The highest BCUT2D eigenvalue weighted by Gasteiger charge is 2.40. The smallest absolute Gasteiger partial charge is 0.448 e. The number of nitrogens with zero attached hydrogens (tertiary/aromatic N) is 4. The van der Waals surface area contributed by atoms with Crippen molar-refractivity contribution in [1.82, 2.24) is 0 Å².